The smallest absolute Gasteiger partial charge is 0.306 e. The zero-order valence-corrected chi connectivity index (χ0v) is 11.5. The van der Waals surface area contributed by atoms with Crippen LogP contribution in [-0.2, 0) is 4.79 Å². The Morgan fingerprint density at radius 1 is 1.29 bits per heavy atom. The van der Waals surface area contributed by atoms with E-state index in [1.807, 2.05) is 0 Å². The van der Waals surface area contributed by atoms with Crippen molar-refractivity contribution in [2.75, 3.05) is 6.54 Å². The van der Waals surface area contributed by atoms with Gasteiger partial charge < -0.3 is 10.4 Å². The molecule has 0 amide bonds. The lowest BCUT2D eigenvalue weighted by Gasteiger charge is -2.31. The number of hydrogen-bond acceptors (Lipinski definition) is 2. The van der Waals surface area contributed by atoms with Crippen molar-refractivity contribution in [2.45, 2.75) is 65.3 Å². The van der Waals surface area contributed by atoms with Gasteiger partial charge in [0.2, 0.25) is 0 Å². The van der Waals surface area contributed by atoms with Gasteiger partial charge >= 0.3 is 5.97 Å². The third kappa shape index (κ3) is 5.07. The summed E-state index contributed by atoms with van der Waals surface area (Å²) in [6, 6.07) is 0.529. The standard InChI is InChI=1S/C14H27NO2/c1-4-9-14(2,3)10-15-12-7-5-11(6-8-12)13(16)17/h11-12,15H,4-10H2,1-3H3,(H,16,17). The monoisotopic (exact) mass is 241 g/mol. The van der Waals surface area contributed by atoms with Crippen molar-refractivity contribution < 1.29 is 9.90 Å². The highest BCUT2D eigenvalue weighted by Gasteiger charge is 2.26. The second-order valence-electron chi connectivity index (χ2n) is 6.18. The number of carboxylic acids is 1. The minimum Gasteiger partial charge on any atom is -0.481 e. The highest BCUT2D eigenvalue weighted by molar-refractivity contribution is 5.70. The number of carboxylic acid groups (broad SMARTS) is 1. The Kier molecular flexibility index (Phi) is 5.44. The average Bonchev–Trinajstić information content (AvgIpc) is 2.27. The lowest BCUT2D eigenvalue weighted by Crippen LogP contribution is -2.40. The molecule has 0 spiro atoms. The molecule has 1 rings (SSSR count). The fourth-order valence-electron chi connectivity index (χ4n) is 2.73. The number of carbonyl (C=O) groups is 1. The van der Waals surface area contributed by atoms with Crippen LogP contribution in [0.3, 0.4) is 0 Å². The highest BCUT2D eigenvalue weighted by Crippen LogP contribution is 2.26. The lowest BCUT2D eigenvalue weighted by atomic mass is 9.84. The van der Waals surface area contributed by atoms with Crippen molar-refractivity contribution >= 4 is 5.97 Å². The minimum atomic E-state index is -0.616. The quantitative estimate of drug-likeness (QED) is 0.751. The molecule has 3 heteroatoms. The van der Waals surface area contributed by atoms with Crippen LogP contribution in [0.5, 0.6) is 0 Å². The van der Waals surface area contributed by atoms with Crippen LogP contribution in [0, 0.1) is 11.3 Å². The Morgan fingerprint density at radius 3 is 2.35 bits per heavy atom. The Labute approximate surface area is 105 Å². The molecule has 3 nitrogen and oxygen atoms in total. The van der Waals surface area contributed by atoms with Gasteiger partial charge in [0.15, 0.2) is 0 Å². The van der Waals surface area contributed by atoms with Gasteiger partial charge in [-0.2, -0.15) is 0 Å². The molecule has 0 heterocycles. The molecule has 0 aromatic rings. The van der Waals surface area contributed by atoms with Gasteiger partial charge in [-0.15, -0.1) is 0 Å². The number of hydrogen-bond donors (Lipinski definition) is 2. The molecular formula is C14H27NO2. The first-order valence-electron chi connectivity index (χ1n) is 6.91. The topological polar surface area (TPSA) is 49.3 Å². The summed E-state index contributed by atoms with van der Waals surface area (Å²) in [6.45, 7) is 7.86. The second-order valence-corrected chi connectivity index (χ2v) is 6.18. The van der Waals surface area contributed by atoms with Crippen molar-refractivity contribution in [3.05, 3.63) is 0 Å². The van der Waals surface area contributed by atoms with E-state index in [1.165, 1.54) is 12.8 Å². The molecule has 0 atom stereocenters. The summed E-state index contributed by atoms with van der Waals surface area (Å²) in [4.78, 5) is 10.8. The van der Waals surface area contributed by atoms with Crippen LogP contribution >= 0.6 is 0 Å². The van der Waals surface area contributed by atoms with Gasteiger partial charge in [-0.3, -0.25) is 4.79 Å². The van der Waals surface area contributed by atoms with Crippen molar-refractivity contribution in [2.24, 2.45) is 11.3 Å². The van der Waals surface area contributed by atoms with E-state index in [4.69, 9.17) is 5.11 Å². The second kappa shape index (κ2) is 6.39. The minimum absolute atomic E-state index is 0.100. The number of rotatable bonds is 6. The first kappa shape index (κ1) is 14.5. The molecule has 0 bridgehead atoms. The summed E-state index contributed by atoms with van der Waals surface area (Å²) in [5, 5.41) is 12.5. The summed E-state index contributed by atoms with van der Waals surface area (Å²) in [5.41, 5.74) is 0.360. The maximum absolute atomic E-state index is 10.8. The van der Waals surface area contributed by atoms with Crippen LogP contribution < -0.4 is 5.32 Å². The molecule has 0 unspecified atom stereocenters. The Morgan fingerprint density at radius 2 is 1.88 bits per heavy atom. The first-order chi connectivity index (χ1) is 7.94. The first-order valence-corrected chi connectivity index (χ1v) is 6.91. The lowest BCUT2D eigenvalue weighted by molar-refractivity contribution is -0.142. The van der Waals surface area contributed by atoms with Gasteiger partial charge in [0.25, 0.3) is 0 Å². The molecule has 0 saturated heterocycles. The van der Waals surface area contributed by atoms with Gasteiger partial charge in [-0.25, -0.2) is 0 Å². The molecule has 1 aliphatic carbocycles. The summed E-state index contributed by atoms with van der Waals surface area (Å²) in [5.74, 6) is -0.716. The Hall–Kier alpha value is -0.570. The molecular weight excluding hydrogens is 214 g/mol. The van der Waals surface area contributed by atoms with E-state index in [0.29, 0.717) is 11.5 Å². The number of aliphatic carboxylic acids is 1. The molecule has 0 radical (unpaired) electrons. The Bertz CT molecular complexity index is 243. The van der Waals surface area contributed by atoms with Crippen LogP contribution in [-0.4, -0.2) is 23.7 Å². The Balaban J connectivity index is 2.24. The van der Waals surface area contributed by atoms with Crippen molar-refractivity contribution in [1.29, 1.82) is 0 Å². The van der Waals surface area contributed by atoms with Gasteiger partial charge in [0.05, 0.1) is 5.92 Å². The van der Waals surface area contributed by atoms with Crippen LogP contribution in [0.2, 0.25) is 0 Å². The predicted molar refractivity (Wildman–Crippen MR) is 70.1 cm³/mol. The van der Waals surface area contributed by atoms with E-state index in [0.717, 1.165) is 32.2 Å². The van der Waals surface area contributed by atoms with E-state index >= 15 is 0 Å². The molecule has 1 saturated carbocycles. The van der Waals surface area contributed by atoms with E-state index in [9.17, 15) is 4.79 Å². The highest BCUT2D eigenvalue weighted by atomic mass is 16.4. The molecule has 2 N–H and O–H groups in total. The molecule has 0 aromatic carbocycles. The van der Waals surface area contributed by atoms with E-state index < -0.39 is 5.97 Å². The molecule has 0 aromatic heterocycles. The summed E-state index contributed by atoms with van der Waals surface area (Å²) < 4.78 is 0. The van der Waals surface area contributed by atoms with Crippen LogP contribution in [0.1, 0.15) is 59.3 Å². The van der Waals surface area contributed by atoms with Crippen molar-refractivity contribution in [3.63, 3.8) is 0 Å². The third-order valence-electron chi connectivity index (χ3n) is 3.87. The maximum Gasteiger partial charge on any atom is 0.306 e. The summed E-state index contributed by atoms with van der Waals surface area (Å²) in [6.07, 6.45) is 6.16. The van der Waals surface area contributed by atoms with Gasteiger partial charge in [-0.05, 0) is 37.5 Å². The molecule has 1 fully saturated rings. The van der Waals surface area contributed by atoms with Crippen LogP contribution in [0.15, 0.2) is 0 Å². The van der Waals surface area contributed by atoms with Crippen molar-refractivity contribution in [1.82, 2.24) is 5.32 Å². The van der Waals surface area contributed by atoms with E-state index in [2.05, 4.69) is 26.1 Å². The van der Waals surface area contributed by atoms with E-state index in [1.54, 1.807) is 0 Å². The zero-order valence-electron chi connectivity index (χ0n) is 11.5. The van der Waals surface area contributed by atoms with Crippen molar-refractivity contribution in [3.8, 4) is 0 Å². The van der Waals surface area contributed by atoms with Gasteiger partial charge in [0, 0.05) is 12.6 Å². The fraction of sp³-hybridized carbons (Fsp3) is 0.929. The molecule has 0 aliphatic heterocycles. The number of nitrogens with one attached hydrogen (secondary N) is 1. The van der Waals surface area contributed by atoms with Crippen LogP contribution in [0.4, 0.5) is 0 Å². The molecule has 100 valence electrons. The summed E-state index contributed by atoms with van der Waals surface area (Å²) in [7, 11) is 0. The van der Waals surface area contributed by atoms with Gasteiger partial charge in [-0.1, -0.05) is 27.2 Å². The molecule has 1 aliphatic rings. The summed E-state index contributed by atoms with van der Waals surface area (Å²) >= 11 is 0. The molecule has 17 heavy (non-hydrogen) atoms. The SMILES string of the molecule is CCCC(C)(C)CNC1CCC(C(=O)O)CC1. The largest absolute Gasteiger partial charge is 0.481 e. The predicted octanol–water partition coefficient (Wildman–Crippen LogP) is 3.05. The normalized spacial score (nSPS) is 25.8. The fourth-order valence-corrected chi connectivity index (χ4v) is 2.73. The van der Waals surface area contributed by atoms with E-state index in [-0.39, 0.29) is 5.92 Å². The zero-order chi connectivity index (χ0) is 12.9. The third-order valence-corrected chi connectivity index (χ3v) is 3.87. The average molecular weight is 241 g/mol. The van der Waals surface area contributed by atoms with Gasteiger partial charge in [0.1, 0.15) is 0 Å². The van der Waals surface area contributed by atoms with Crippen LogP contribution in [0.25, 0.3) is 0 Å². The maximum atomic E-state index is 10.8.